The Bertz CT molecular complexity index is 544. The molecule has 2 saturated carbocycles. The number of rotatable bonds is 8. The number of aliphatic hydroxyl groups is 1. The maximum absolute atomic E-state index is 9.42. The molecule has 0 unspecified atom stereocenters. The number of aliphatic hydroxyl groups excluding tert-OH is 1. The maximum Gasteiger partial charge on any atom is 0.191 e. The topological polar surface area (TPSA) is 56.7 Å². The van der Waals surface area contributed by atoms with Crippen molar-refractivity contribution in [2.45, 2.75) is 42.2 Å². The molecule has 0 atom stereocenters. The Morgan fingerprint density at radius 2 is 1.88 bits per heavy atom. The fourth-order valence-electron chi connectivity index (χ4n) is 2.57. The summed E-state index contributed by atoms with van der Waals surface area (Å²) in [5, 5.41) is 16.2. The van der Waals surface area contributed by atoms with E-state index in [2.05, 4.69) is 52.9 Å². The molecule has 0 saturated heterocycles. The van der Waals surface area contributed by atoms with Crippen LogP contribution < -0.4 is 10.6 Å². The molecule has 2 aliphatic rings. The number of thioether (sulfide) groups is 1. The Hall–Kier alpha value is -0.470. The number of aliphatic imine (C=N–C) groups is 1. The number of hydrogen-bond donors (Lipinski definition) is 3. The van der Waals surface area contributed by atoms with Gasteiger partial charge in [-0.3, -0.25) is 4.99 Å². The summed E-state index contributed by atoms with van der Waals surface area (Å²) < 4.78 is 0.311. The Morgan fingerprint density at radius 3 is 2.42 bits per heavy atom. The second kappa shape index (κ2) is 8.76. The summed E-state index contributed by atoms with van der Waals surface area (Å²) in [4.78, 5) is 6.02. The Balaban J connectivity index is 0.00000208. The summed E-state index contributed by atoms with van der Waals surface area (Å²) >= 11 is 1.97. The fourth-order valence-corrected chi connectivity index (χ4v) is 3.81. The minimum atomic E-state index is 0. The van der Waals surface area contributed by atoms with E-state index >= 15 is 0 Å². The van der Waals surface area contributed by atoms with Crippen LogP contribution >= 0.6 is 35.7 Å². The summed E-state index contributed by atoms with van der Waals surface area (Å²) in [6.07, 6.45) is 4.69. The predicted molar refractivity (Wildman–Crippen MR) is 112 cm³/mol. The van der Waals surface area contributed by atoms with Crippen LogP contribution in [-0.2, 0) is 0 Å². The molecule has 134 valence electrons. The molecule has 1 aromatic rings. The van der Waals surface area contributed by atoms with Gasteiger partial charge in [0.05, 0.1) is 13.2 Å². The number of guanidine groups is 1. The largest absolute Gasteiger partial charge is 0.396 e. The van der Waals surface area contributed by atoms with Gasteiger partial charge in [-0.25, -0.2) is 0 Å². The summed E-state index contributed by atoms with van der Waals surface area (Å²) in [6, 6.07) is 10.6. The van der Waals surface area contributed by atoms with Crippen LogP contribution in [0.15, 0.2) is 40.2 Å². The van der Waals surface area contributed by atoms with Crippen LogP contribution in [0.5, 0.6) is 0 Å². The van der Waals surface area contributed by atoms with E-state index in [0.29, 0.717) is 4.75 Å². The highest BCUT2D eigenvalue weighted by Gasteiger charge is 2.44. The molecule has 0 spiro atoms. The van der Waals surface area contributed by atoms with Crippen molar-refractivity contribution in [3.63, 3.8) is 0 Å². The lowest BCUT2D eigenvalue weighted by Crippen LogP contribution is -2.41. The molecule has 3 rings (SSSR count). The number of hydrogen-bond acceptors (Lipinski definition) is 3. The molecule has 0 heterocycles. The molecule has 0 bridgehead atoms. The number of nitrogens with zero attached hydrogens (tertiary/aromatic N) is 1. The van der Waals surface area contributed by atoms with E-state index in [4.69, 9.17) is 0 Å². The second-order valence-corrected chi connectivity index (χ2v) is 8.35. The van der Waals surface area contributed by atoms with Crippen molar-refractivity contribution in [1.82, 2.24) is 10.6 Å². The van der Waals surface area contributed by atoms with Gasteiger partial charge >= 0.3 is 0 Å². The third kappa shape index (κ3) is 5.52. The van der Waals surface area contributed by atoms with E-state index in [1.165, 1.54) is 17.7 Å². The molecule has 24 heavy (non-hydrogen) atoms. The fraction of sp³-hybridized carbons (Fsp3) is 0.611. The van der Waals surface area contributed by atoms with E-state index in [0.717, 1.165) is 38.4 Å². The molecule has 0 aliphatic heterocycles. The summed E-state index contributed by atoms with van der Waals surface area (Å²) in [7, 11) is 0. The van der Waals surface area contributed by atoms with Gasteiger partial charge in [0.1, 0.15) is 0 Å². The first kappa shape index (κ1) is 19.8. The highest BCUT2D eigenvalue weighted by atomic mass is 127. The van der Waals surface area contributed by atoms with Gasteiger partial charge in [-0.2, -0.15) is 0 Å². The zero-order valence-corrected chi connectivity index (χ0v) is 17.4. The summed E-state index contributed by atoms with van der Waals surface area (Å²) in [6.45, 7) is 4.85. The van der Waals surface area contributed by atoms with Crippen molar-refractivity contribution >= 4 is 41.7 Å². The van der Waals surface area contributed by atoms with E-state index < -0.39 is 0 Å². The van der Waals surface area contributed by atoms with Crippen LogP contribution in [0, 0.1) is 5.41 Å². The molecule has 3 N–H and O–H groups in total. The minimum absolute atomic E-state index is 0. The van der Waals surface area contributed by atoms with Crippen molar-refractivity contribution < 1.29 is 5.11 Å². The average Bonchev–Trinajstić information content (AvgIpc) is 3.49. The van der Waals surface area contributed by atoms with Crippen molar-refractivity contribution in [3.8, 4) is 0 Å². The quantitative estimate of drug-likeness (QED) is 0.316. The smallest absolute Gasteiger partial charge is 0.191 e. The molecule has 0 aromatic heterocycles. The van der Waals surface area contributed by atoms with Crippen molar-refractivity contribution in [3.05, 3.63) is 30.3 Å². The third-order valence-electron chi connectivity index (χ3n) is 4.67. The molecular weight excluding hydrogens is 433 g/mol. The lowest BCUT2D eigenvalue weighted by molar-refractivity contribution is 0.217. The zero-order chi connectivity index (χ0) is 16.2. The van der Waals surface area contributed by atoms with E-state index in [-0.39, 0.29) is 36.0 Å². The average molecular weight is 461 g/mol. The highest BCUT2D eigenvalue weighted by molar-refractivity contribution is 14.0. The van der Waals surface area contributed by atoms with Gasteiger partial charge in [0, 0.05) is 28.1 Å². The van der Waals surface area contributed by atoms with Crippen LogP contribution in [0.1, 0.15) is 32.6 Å². The summed E-state index contributed by atoms with van der Waals surface area (Å²) in [5.74, 6) is 0.882. The lowest BCUT2D eigenvalue weighted by Gasteiger charge is -2.19. The van der Waals surface area contributed by atoms with Crippen LogP contribution in [0.3, 0.4) is 0 Å². The minimum Gasteiger partial charge on any atom is -0.396 e. The standard InChI is InChI=1S/C18H27N3OS.HI/c1-2-19-16(20-12-17(14-22)8-9-17)21-13-18(10-11-18)23-15-6-4-3-5-7-15;/h3-7,22H,2,8-14H2,1H3,(H2,19,20,21);1H. The molecule has 0 amide bonds. The first-order chi connectivity index (χ1) is 11.2. The van der Waals surface area contributed by atoms with E-state index in [1.807, 2.05) is 11.8 Å². The van der Waals surface area contributed by atoms with Gasteiger partial charge in [-0.05, 0) is 44.7 Å². The molecule has 4 nitrogen and oxygen atoms in total. The lowest BCUT2D eigenvalue weighted by atomic mass is 10.1. The van der Waals surface area contributed by atoms with Crippen molar-refractivity contribution in [2.75, 3.05) is 26.2 Å². The van der Waals surface area contributed by atoms with Gasteiger partial charge in [0.25, 0.3) is 0 Å². The van der Waals surface area contributed by atoms with Crippen LogP contribution in [0.25, 0.3) is 0 Å². The van der Waals surface area contributed by atoms with Gasteiger partial charge in [-0.1, -0.05) is 18.2 Å². The van der Waals surface area contributed by atoms with Gasteiger partial charge in [0.2, 0.25) is 0 Å². The highest BCUT2D eigenvalue weighted by Crippen LogP contribution is 2.51. The number of halogens is 1. The van der Waals surface area contributed by atoms with Crippen molar-refractivity contribution in [1.29, 1.82) is 0 Å². The molecular formula is C18H28IN3OS. The monoisotopic (exact) mass is 461 g/mol. The molecule has 2 aliphatic carbocycles. The first-order valence-corrected chi connectivity index (χ1v) is 9.38. The number of benzene rings is 1. The first-order valence-electron chi connectivity index (χ1n) is 8.56. The van der Waals surface area contributed by atoms with Crippen LogP contribution in [0.2, 0.25) is 0 Å². The molecule has 6 heteroatoms. The molecule has 2 fully saturated rings. The Morgan fingerprint density at radius 1 is 1.17 bits per heavy atom. The van der Waals surface area contributed by atoms with E-state index in [9.17, 15) is 5.11 Å². The van der Waals surface area contributed by atoms with E-state index in [1.54, 1.807) is 0 Å². The van der Waals surface area contributed by atoms with Gasteiger partial charge < -0.3 is 15.7 Å². The number of nitrogens with one attached hydrogen (secondary N) is 2. The predicted octanol–water partition coefficient (Wildman–Crippen LogP) is 3.26. The summed E-state index contributed by atoms with van der Waals surface area (Å²) in [5.41, 5.74) is 0.0679. The van der Waals surface area contributed by atoms with Gasteiger partial charge in [0.15, 0.2) is 5.96 Å². The Kier molecular flexibility index (Phi) is 7.24. The molecule has 1 aromatic carbocycles. The second-order valence-electron chi connectivity index (χ2n) is 6.80. The molecule has 0 radical (unpaired) electrons. The van der Waals surface area contributed by atoms with Crippen molar-refractivity contribution in [2.24, 2.45) is 10.4 Å². The Labute approximate surface area is 166 Å². The zero-order valence-electron chi connectivity index (χ0n) is 14.3. The maximum atomic E-state index is 9.42. The van der Waals surface area contributed by atoms with Gasteiger partial charge in [-0.15, -0.1) is 35.7 Å². The van der Waals surface area contributed by atoms with Crippen LogP contribution in [0.4, 0.5) is 0 Å². The SMILES string of the molecule is CCNC(=NCC1(CO)CC1)NCC1(Sc2ccccc2)CC1.I. The third-order valence-corrected chi connectivity index (χ3v) is 6.17. The van der Waals surface area contributed by atoms with Crippen LogP contribution in [-0.4, -0.2) is 42.1 Å². The normalized spacial score (nSPS) is 20.0.